The molecule has 0 aromatic heterocycles. The molecule has 0 radical (unpaired) electrons. The highest BCUT2D eigenvalue weighted by molar-refractivity contribution is 6.31. The average molecular weight is 371 g/mol. The van der Waals surface area contributed by atoms with Crippen molar-refractivity contribution in [3.63, 3.8) is 0 Å². The molecule has 2 aromatic rings. The number of nitrogens with zero attached hydrogens (tertiary/aromatic N) is 1. The van der Waals surface area contributed by atoms with Crippen LogP contribution in [-0.4, -0.2) is 28.5 Å². The van der Waals surface area contributed by atoms with Crippen molar-refractivity contribution in [2.24, 2.45) is 5.41 Å². The zero-order chi connectivity index (χ0) is 18.3. The van der Waals surface area contributed by atoms with Crippen LogP contribution in [0, 0.1) is 5.41 Å². The summed E-state index contributed by atoms with van der Waals surface area (Å²) in [5.74, 6) is -0.416. The van der Waals surface area contributed by atoms with E-state index in [9.17, 15) is 9.59 Å². The minimum Gasteiger partial charge on any atom is -0.338 e. The summed E-state index contributed by atoms with van der Waals surface area (Å²) in [6.07, 6.45) is 1.92. The minimum atomic E-state index is -0.530. The van der Waals surface area contributed by atoms with E-state index in [1.54, 1.807) is 17.6 Å². The maximum atomic E-state index is 13.2. The second-order valence-corrected chi connectivity index (χ2v) is 7.49. The van der Waals surface area contributed by atoms with Crippen LogP contribution in [0.3, 0.4) is 0 Å². The molecule has 1 aliphatic heterocycles. The first-order valence-corrected chi connectivity index (χ1v) is 9.00. The highest BCUT2D eigenvalue weighted by Gasteiger charge is 2.50. The quantitative estimate of drug-likeness (QED) is 0.644. The van der Waals surface area contributed by atoms with E-state index in [4.69, 9.17) is 16.8 Å². The molecule has 5 nitrogen and oxygen atoms in total. The Balaban J connectivity index is 1.59. The van der Waals surface area contributed by atoms with Gasteiger partial charge in [-0.3, -0.25) is 14.8 Å². The van der Waals surface area contributed by atoms with E-state index in [-0.39, 0.29) is 5.91 Å². The first-order chi connectivity index (χ1) is 12.5. The predicted octanol–water partition coefficient (Wildman–Crippen LogP) is 2.98. The normalized spacial score (nSPS) is 21.3. The third-order valence-electron chi connectivity index (χ3n) is 5.58. The maximum absolute atomic E-state index is 13.2. The predicted molar refractivity (Wildman–Crippen MR) is 97.0 cm³/mol. The van der Waals surface area contributed by atoms with Crippen molar-refractivity contribution in [1.29, 1.82) is 0 Å². The van der Waals surface area contributed by atoms with Crippen LogP contribution in [0.5, 0.6) is 0 Å². The van der Waals surface area contributed by atoms with Crippen LogP contribution >= 0.6 is 11.6 Å². The summed E-state index contributed by atoms with van der Waals surface area (Å²) in [4.78, 5) is 27.0. The van der Waals surface area contributed by atoms with Gasteiger partial charge >= 0.3 is 0 Å². The van der Waals surface area contributed by atoms with E-state index in [0.717, 1.165) is 23.1 Å². The van der Waals surface area contributed by atoms with Crippen molar-refractivity contribution in [2.75, 3.05) is 6.54 Å². The van der Waals surface area contributed by atoms with Gasteiger partial charge in [-0.05, 0) is 48.1 Å². The van der Waals surface area contributed by atoms with Gasteiger partial charge < -0.3 is 4.90 Å². The summed E-state index contributed by atoms with van der Waals surface area (Å²) in [6, 6.07) is 13.0. The number of hydrogen-bond acceptors (Lipinski definition) is 3. The molecule has 1 heterocycles. The van der Waals surface area contributed by atoms with Gasteiger partial charge in [0.1, 0.15) is 0 Å². The summed E-state index contributed by atoms with van der Waals surface area (Å²) in [7, 11) is 0. The number of carbonyl (C=O) groups is 2. The lowest BCUT2D eigenvalue weighted by Gasteiger charge is -2.23. The summed E-state index contributed by atoms with van der Waals surface area (Å²) in [5, 5.41) is 9.64. The number of rotatable bonds is 3. The number of carbonyl (C=O) groups excluding carboxylic acids is 2. The number of benzene rings is 2. The summed E-state index contributed by atoms with van der Waals surface area (Å²) in [5.41, 5.74) is 4.47. The van der Waals surface area contributed by atoms with Gasteiger partial charge in [-0.25, -0.2) is 5.48 Å². The Morgan fingerprint density at radius 2 is 2.00 bits per heavy atom. The molecule has 1 aliphatic carbocycles. The molecule has 2 N–H and O–H groups in total. The molecule has 0 saturated carbocycles. The highest BCUT2D eigenvalue weighted by Crippen LogP contribution is 2.46. The van der Waals surface area contributed by atoms with Gasteiger partial charge in [0.25, 0.3) is 5.91 Å². The van der Waals surface area contributed by atoms with Crippen molar-refractivity contribution in [2.45, 2.75) is 25.8 Å². The van der Waals surface area contributed by atoms with E-state index in [1.165, 1.54) is 0 Å². The lowest BCUT2D eigenvalue weighted by molar-refractivity contribution is -0.136. The molecule has 1 atom stereocenters. The molecule has 1 saturated heterocycles. The van der Waals surface area contributed by atoms with Gasteiger partial charge in [0.05, 0.1) is 5.41 Å². The van der Waals surface area contributed by atoms with Crippen molar-refractivity contribution in [3.05, 3.63) is 69.7 Å². The molecule has 1 spiro atoms. The van der Waals surface area contributed by atoms with E-state index in [0.29, 0.717) is 36.5 Å². The number of hydrogen-bond donors (Lipinski definition) is 2. The topological polar surface area (TPSA) is 69.6 Å². The van der Waals surface area contributed by atoms with Crippen molar-refractivity contribution < 1.29 is 14.8 Å². The van der Waals surface area contributed by atoms with Gasteiger partial charge in [-0.1, -0.05) is 41.9 Å². The summed E-state index contributed by atoms with van der Waals surface area (Å²) < 4.78 is 0. The number of halogens is 1. The number of hydroxylamine groups is 1. The Bertz CT molecular complexity index is 898. The molecule has 26 heavy (non-hydrogen) atoms. The summed E-state index contributed by atoms with van der Waals surface area (Å²) in [6.45, 7) is 1.18. The van der Waals surface area contributed by atoms with E-state index in [2.05, 4.69) is 0 Å². The average Bonchev–Trinajstić information content (AvgIpc) is 3.17. The van der Waals surface area contributed by atoms with E-state index < -0.39 is 11.3 Å². The number of amides is 2. The second-order valence-electron chi connectivity index (χ2n) is 7.09. The lowest BCUT2D eigenvalue weighted by Crippen LogP contribution is -2.35. The van der Waals surface area contributed by atoms with Gasteiger partial charge in [-0.2, -0.15) is 0 Å². The SMILES string of the molecule is O=C(NO)c1cccc2c1CC1(CCN(Cc3ccccc3Cl)C1=O)C2. The maximum Gasteiger partial charge on any atom is 0.274 e. The van der Waals surface area contributed by atoms with Crippen LogP contribution in [0.15, 0.2) is 42.5 Å². The van der Waals surface area contributed by atoms with Crippen LogP contribution in [0.25, 0.3) is 0 Å². The van der Waals surface area contributed by atoms with E-state index >= 15 is 0 Å². The van der Waals surface area contributed by atoms with Crippen molar-refractivity contribution in [3.8, 4) is 0 Å². The van der Waals surface area contributed by atoms with Crippen molar-refractivity contribution >= 4 is 23.4 Å². The molecule has 2 aromatic carbocycles. The number of nitrogens with one attached hydrogen (secondary N) is 1. The molecule has 2 amide bonds. The Morgan fingerprint density at radius 3 is 2.77 bits per heavy atom. The molecule has 1 fully saturated rings. The third-order valence-corrected chi connectivity index (χ3v) is 5.95. The van der Waals surface area contributed by atoms with Crippen LogP contribution in [-0.2, 0) is 24.2 Å². The molecule has 6 heteroatoms. The first kappa shape index (κ1) is 17.1. The molecular weight excluding hydrogens is 352 g/mol. The molecule has 134 valence electrons. The molecule has 2 aliphatic rings. The standard InChI is InChI=1S/C20H19ClN2O3/c21-17-7-2-1-4-14(17)12-23-9-8-20(19(23)25)10-13-5-3-6-15(16(13)11-20)18(24)22-26/h1-7,26H,8-12H2,(H,22,24). The molecule has 0 bridgehead atoms. The zero-order valence-electron chi connectivity index (χ0n) is 14.2. The Morgan fingerprint density at radius 1 is 1.19 bits per heavy atom. The largest absolute Gasteiger partial charge is 0.338 e. The fraction of sp³-hybridized carbons (Fsp3) is 0.300. The second kappa shape index (κ2) is 6.41. The van der Waals surface area contributed by atoms with Crippen molar-refractivity contribution in [1.82, 2.24) is 10.4 Å². The first-order valence-electron chi connectivity index (χ1n) is 8.62. The summed E-state index contributed by atoms with van der Waals surface area (Å²) >= 11 is 6.24. The fourth-order valence-corrected chi connectivity index (χ4v) is 4.45. The van der Waals surface area contributed by atoms with Crippen LogP contribution in [0.2, 0.25) is 5.02 Å². The lowest BCUT2D eigenvalue weighted by atomic mass is 9.83. The van der Waals surface area contributed by atoms with Gasteiger partial charge in [0, 0.05) is 23.7 Å². The van der Waals surface area contributed by atoms with Crippen LogP contribution in [0.1, 0.15) is 33.5 Å². The monoisotopic (exact) mass is 370 g/mol. The number of likely N-dealkylation sites (tertiary alicyclic amines) is 1. The van der Waals surface area contributed by atoms with Gasteiger partial charge in [-0.15, -0.1) is 0 Å². The van der Waals surface area contributed by atoms with Crippen LogP contribution in [0.4, 0.5) is 0 Å². The third kappa shape index (κ3) is 2.68. The Hall–Kier alpha value is -2.37. The van der Waals surface area contributed by atoms with E-state index in [1.807, 2.05) is 35.2 Å². The highest BCUT2D eigenvalue weighted by atomic mass is 35.5. The fourth-order valence-electron chi connectivity index (χ4n) is 4.25. The Kier molecular flexibility index (Phi) is 4.21. The van der Waals surface area contributed by atoms with Gasteiger partial charge in [0.15, 0.2) is 0 Å². The molecule has 4 rings (SSSR count). The molecule has 1 unspecified atom stereocenters. The minimum absolute atomic E-state index is 0.115. The Labute approximate surface area is 156 Å². The van der Waals surface area contributed by atoms with Gasteiger partial charge in [0.2, 0.25) is 5.91 Å². The van der Waals surface area contributed by atoms with Crippen LogP contribution < -0.4 is 5.48 Å². The smallest absolute Gasteiger partial charge is 0.274 e. The number of fused-ring (bicyclic) bond motifs is 1. The zero-order valence-corrected chi connectivity index (χ0v) is 14.9. The molecular formula is C20H19ClN2O3.